The highest BCUT2D eigenvalue weighted by Gasteiger charge is 2.23. The Morgan fingerprint density at radius 3 is 1.31 bits per heavy atom. The number of allylic oxidation sites excluding steroid dienone is 17. The summed E-state index contributed by atoms with van der Waals surface area (Å²) in [7, 11) is 1.20. The van der Waals surface area contributed by atoms with Gasteiger partial charge in [-0.05, 0) is 89.9 Å². The first-order valence-corrected chi connectivity index (χ1v) is 30.2. The third-order valence-corrected chi connectivity index (χ3v) is 13.2. The lowest BCUT2D eigenvalue weighted by molar-refractivity contribution is -0.870. The van der Waals surface area contributed by atoms with Crippen LogP contribution in [0.4, 0.5) is 0 Å². The van der Waals surface area contributed by atoms with Gasteiger partial charge < -0.3 is 28.8 Å². The van der Waals surface area contributed by atoms with E-state index in [1.807, 2.05) is 27.2 Å². The van der Waals surface area contributed by atoms with Crippen molar-refractivity contribution in [1.82, 2.24) is 5.32 Å². The van der Waals surface area contributed by atoms with E-state index < -0.39 is 26.6 Å². The Hall–Kier alpha value is -2.84. The molecule has 3 atom stereocenters. The van der Waals surface area contributed by atoms with Crippen molar-refractivity contribution >= 4 is 13.7 Å². The van der Waals surface area contributed by atoms with E-state index in [0.29, 0.717) is 17.4 Å². The third-order valence-electron chi connectivity index (χ3n) is 12.2. The summed E-state index contributed by atoms with van der Waals surface area (Å²) in [5.41, 5.74) is 0. The molecule has 0 heterocycles. The number of amides is 1. The topological polar surface area (TPSA) is 108 Å². The molecule has 2 N–H and O–H groups in total. The molecule has 1 amide bonds. The van der Waals surface area contributed by atoms with E-state index in [-0.39, 0.29) is 18.9 Å². The lowest BCUT2D eigenvalue weighted by Gasteiger charge is -2.29. The summed E-state index contributed by atoms with van der Waals surface area (Å²) in [4.78, 5) is 25.5. The molecule has 0 bridgehead atoms. The number of nitrogens with one attached hydrogen (secondary N) is 1. The van der Waals surface area contributed by atoms with Crippen LogP contribution in [0.2, 0.25) is 0 Å². The lowest BCUT2D eigenvalue weighted by atomic mass is 10.0. The van der Waals surface area contributed by atoms with E-state index in [9.17, 15) is 19.4 Å². The van der Waals surface area contributed by atoms with Crippen molar-refractivity contribution in [3.8, 4) is 0 Å². The van der Waals surface area contributed by atoms with E-state index >= 15 is 0 Å². The summed E-state index contributed by atoms with van der Waals surface area (Å²) < 4.78 is 23.3. The Labute approximate surface area is 438 Å². The molecule has 71 heavy (non-hydrogen) atoms. The van der Waals surface area contributed by atoms with Crippen LogP contribution in [0.15, 0.2) is 109 Å². The van der Waals surface area contributed by atoms with Crippen LogP contribution < -0.4 is 10.2 Å². The quantitative estimate of drug-likeness (QED) is 0.0272. The SMILES string of the molecule is CC/C=C\C/C=C\C/C=C\C/C=C\C/C=C\C/C=C\C/C=C\CCCCCC(=O)NC(COP(=O)([O-])OCC[N+](C)(C)C)C(O)/C=C/CC/C=C/CCCCCCCCCCCCCCCCCCCC. The maximum atomic E-state index is 13.0. The minimum absolute atomic E-state index is 0.0193. The van der Waals surface area contributed by atoms with Gasteiger partial charge in [-0.25, -0.2) is 0 Å². The summed E-state index contributed by atoms with van der Waals surface area (Å²) >= 11 is 0. The van der Waals surface area contributed by atoms with Crippen molar-refractivity contribution in [1.29, 1.82) is 0 Å². The molecule has 0 radical (unpaired) electrons. The van der Waals surface area contributed by atoms with Gasteiger partial charge in [0.15, 0.2) is 0 Å². The van der Waals surface area contributed by atoms with Gasteiger partial charge in [-0.1, -0.05) is 239 Å². The molecule has 0 aromatic heterocycles. The molecule has 0 aliphatic heterocycles. The number of aliphatic hydroxyl groups excluding tert-OH is 1. The van der Waals surface area contributed by atoms with E-state index in [4.69, 9.17) is 9.05 Å². The Morgan fingerprint density at radius 1 is 0.507 bits per heavy atom. The molecule has 0 spiro atoms. The standard InChI is InChI=1S/C62H109N2O6P/c1-6-8-10-12-14-16-18-20-22-24-26-28-30-32-34-36-38-40-42-44-46-48-50-52-54-56-62(66)63-60(59-70-71(67,68)69-58-57-64(3,4)5)61(65)55-53-51-49-47-45-43-41-39-37-35-33-31-29-27-25-23-21-19-17-15-13-11-9-7-2/h8,10,14,16,20,22,26,28,32,34,38,40,44-47,53,55,60-61,65H,6-7,9,11-13,15,17-19,21,23-25,27,29-31,33,35-37,39,41-43,48-52,54,56-59H2,1-5H3,(H-,63,66,67,68)/b10-8-,16-14-,22-20-,28-26-,34-32-,40-38-,46-44-,47-45+,55-53+. The predicted molar refractivity (Wildman–Crippen MR) is 306 cm³/mol. The van der Waals surface area contributed by atoms with E-state index in [1.165, 1.54) is 116 Å². The molecule has 408 valence electrons. The van der Waals surface area contributed by atoms with Gasteiger partial charge in [-0.15, -0.1) is 0 Å². The molecule has 0 rings (SSSR count). The van der Waals surface area contributed by atoms with Crippen LogP contribution >= 0.6 is 7.82 Å². The number of carbonyl (C=O) groups is 1. The van der Waals surface area contributed by atoms with Crippen LogP contribution in [0, 0.1) is 0 Å². The zero-order valence-corrected chi connectivity index (χ0v) is 47.3. The second-order valence-electron chi connectivity index (χ2n) is 20.3. The molecular weight excluding hydrogens is 900 g/mol. The fourth-order valence-corrected chi connectivity index (χ4v) is 8.46. The number of hydrogen-bond donors (Lipinski definition) is 2. The maximum absolute atomic E-state index is 13.0. The highest BCUT2D eigenvalue weighted by molar-refractivity contribution is 7.45. The van der Waals surface area contributed by atoms with Crippen molar-refractivity contribution in [3.63, 3.8) is 0 Å². The number of quaternary nitrogens is 1. The zero-order valence-electron chi connectivity index (χ0n) is 46.4. The number of phosphoric ester groups is 1. The molecule has 3 unspecified atom stereocenters. The molecular formula is C62H109N2O6P. The number of phosphoric acid groups is 1. The average molecular weight is 1010 g/mol. The average Bonchev–Trinajstić information content (AvgIpc) is 3.33. The van der Waals surface area contributed by atoms with Gasteiger partial charge in [-0.2, -0.15) is 0 Å². The third kappa shape index (κ3) is 54.8. The van der Waals surface area contributed by atoms with Crippen molar-refractivity contribution in [3.05, 3.63) is 109 Å². The number of unbranched alkanes of at least 4 members (excludes halogenated alkanes) is 22. The van der Waals surface area contributed by atoms with Gasteiger partial charge in [-0.3, -0.25) is 9.36 Å². The summed E-state index contributed by atoms with van der Waals surface area (Å²) in [6, 6.07) is -0.930. The van der Waals surface area contributed by atoms with E-state index in [1.54, 1.807) is 6.08 Å². The molecule has 0 saturated heterocycles. The molecule has 0 aromatic rings. The second-order valence-corrected chi connectivity index (χ2v) is 21.7. The van der Waals surface area contributed by atoms with Crippen LogP contribution in [-0.2, 0) is 18.4 Å². The molecule has 8 nitrogen and oxygen atoms in total. The van der Waals surface area contributed by atoms with E-state index in [0.717, 1.165) is 83.5 Å². The van der Waals surface area contributed by atoms with Gasteiger partial charge in [0.2, 0.25) is 5.91 Å². The van der Waals surface area contributed by atoms with Crippen LogP contribution in [0.3, 0.4) is 0 Å². The van der Waals surface area contributed by atoms with Crippen molar-refractivity contribution in [2.45, 2.75) is 238 Å². The zero-order chi connectivity index (χ0) is 52.0. The molecule has 0 fully saturated rings. The van der Waals surface area contributed by atoms with Crippen LogP contribution in [0.25, 0.3) is 0 Å². The fraction of sp³-hybridized carbons (Fsp3) is 0.694. The summed E-state index contributed by atoms with van der Waals surface area (Å²) in [6.07, 6.45) is 76.0. The molecule has 9 heteroatoms. The van der Waals surface area contributed by atoms with Gasteiger partial charge >= 0.3 is 0 Å². The van der Waals surface area contributed by atoms with Gasteiger partial charge in [0.1, 0.15) is 13.2 Å². The molecule has 0 aliphatic carbocycles. The normalized spacial score (nSPS) is 14.7. The number of hydrogen-bond acceptors (Lipinski definition) is 6. The minimum atomic E-state index is -4.62. The van der Waals surface area contributed by atoms with Crippen LogP contribution in [0.5, 0.6) is 0 Å². The maximum Gasteiger partial charge on any atom is 0.268 e. The highest BCUT2D eigenvalue weighted by Crippen LogP contribution is 2.38. The van der Waals surface area contributed by atoms with Crippen LogP contribution in [-0.4, -0.2) is 68.5 Å². The second kappa shape index (κ2) is 52.0. The largest absolute Gasteiger partial charge is 0.756 e. The van der Waals surface area contributed by atoms with Crippen LogP contribution in [0.1, 0.15) is 226 Å². The molecule has 0 aromatic carbocycles. The predicted octanol–water partition coefficient (Wildman–Crippen LogP) is 17.0. The first-order valence-electron chi connectivity index (χ1n) is 28.7. The van der Waals surface area contributed by atoms with E-state index in [2.05, 4.69) is 116 Å². The molecule has 0 aliphatic rings. The number of rotatable bonds is 51. The number of carbonyl (C=O) groups excluding carboxylic acids is 1. The molecule has 0 saturated carbocycles. The summed E-state index contributed by atoms with van der Waals surface area (Å²) in [5.74, 6) is -0.242. The van der Waals surface area contributed by atoms with Gasteiger partial charge in [0.05, 0.1) is 39.9 Å². The van der Waals surface area contributed by atoms with Crippen molar-refractivity contribution in [2.24, 2.45) is 0 Å². The Balaban J connectivity index is 4.38. The lowest BCUT2D eigenvalue weighted by Crippen LogP contribution is -2.45. The summed E-state index contributed by atoms with van der Waals surface area (Å²) in [5, 5.41) is 13.8. The smallest absolute Gasteiger partial charge is 0.268 e. The highest BCUT2D eigenvalue weighted by atomic mass is 31.2. The number of likely N-dealkylation sites (N-methyl/N-ethyl adjacent to an activating group) is 1. The Bertz CT molecular complexity index is 1520. The number of aliphatic hydroxyl groups is 1. The Morgan fingerprint density at radius 2 is 0.873 bits per heavy atom. The fourth-order valence-electron chi connectivity index (χ4n) is 7.74. The summed E-state index contributed by atoms with van der Waals surface area (Å²) in [6.45, 7) is 4.49. The first-order chi connectivity index (χ1) is 34.5. The first kappa shape index (κ1) is 68.2. The monoisotopic (exact) mass is 1010 g/mol. The minimum Gasteiger partial charge on any atom is -0.756 e. The van der Waals surface area contributed by atoms with Gasteiger partial charge in [0.25, 0.3) is 7.82 Å². The number of nitrogens with zero attached hydrogens (tertiary/aromatic N) is 1. The van der Waals surface area contributed by atoms with Gasteiger partial charge in [0, 0.05) is 6.42 Å². The van der Waals surface area contributed by atoms with Crippen molar-refractivity contribution < 1.29 is 32.9 Å². The van der Waals surface area contributed by atoms with Crippen molar-refractivity contribution in [2.75, 3.05) is 40.9 Å². The Kier molecular flexibility index (Phi) is 50.0.